The van der Waals surface area contributed by atoms with Crippen LogP contribution in [0.3, 0.4) is 0 Å². The normalized spacial score (nSPS) is 15.7. The van der Waals surface area contributed by atoms with Crippen molar-refractivity contribution in [3.63, 3.8) is 0 Å². The molecule has 0 spiro atoms. The quantitative estimate of drug-likeness (QED) is 0.669. The van der Waals surface area contributed by atoms with Gasteiger partial charge >= 0.3 is 0 Å². The van der Waals surface area contributed by atoms with Gasteiger partial charge in [0.2, 0.25) is 0 Å². The summed E-state index contributed by atoms with van der Waals surface area (Å²) in [6.07, 6.45) is 2.71. The van der Waals surface area contributed by atoms with E-state index in [0.717, 1.165) is 49.8 Å². The summed E-state index contributed by atoms with van der Waals surface area (Å²) in [5.41, 5.74) is 5.38. The third-order valence-electron chi connectivity index (χ3n) is 5.42. The van der Waals surface area contributed by atoms with E-state index in [1.54, 1.807) is 5.51 Å². The predicted molar refractivity (Wildman–Crippen MR) is 112 cm³/mol. The van der Waals surface area contributed by atoms with Gasteiger partial charge in [0, 0.05) is 49.4 Å². The van der Waals surface area contributed by atoms with Crippen LogP contribution in [0.4, 0.5) is 0 Å². The Morgan fingerprint density at radius 1 is 1.31 bits per heavy atom. The second kappa shape index (κ2) is 8.46. The van der Waals surface area contributed by atoms with E-state index in [2.05, 4.69) is 54.4 Å². The van der Waals surface area contributed by atoms with E-state index in [1.807, 2.05) is 18.5 Å². The van der Waals surface area contributed by atoms with Gasteiger partial charge in [-0.15, -0.1) is 11.3 Å². The average molecular weight is 414 g/mol. The zero-order chi connectivity index (χ0) is 20.4. The number of nitrogens with zero attached hydrogens (tertiary/aromatic N) is 6. The molecule has 0 bridgehead atoms. The Morgan fingerprint density at radius 2 is 2.17 bits per heavy atom. The molecule has 1 unspecified atom stereocenters. The molecule has 1 N–H and O–H groups in total. The average Bonchev–Trinajstić information content (AvgIpc) is 3.39. The number of carbonyl (C=O) groups is 1. The first kappa shape index (κ1) is 19.8. The van der Waals surface area contributed by atoms with Crippen LogP contribution in [0.2, 0.25) is 0 Å². The van der Waals surface area contributed by atoms with E-state index in [9.17, 15) is 4.79 Å². The monoisotopic (exact) mass is 413 g/mol. The van der Waals surface area contributed by atoms with E-state index in [-0.39, 0.29) is 5.91 Å². The Balaban J connectivity index is 1.34. The smallest absolute Gasteiger partial charge is 0.271 e. The maximum absolute atomic E-state index is 12.4. The molecule has 1 aliphatic heterocycles. The Morgan fingerprint density at radius 3 is 2.90 bits per heavy atom. The van der Waals surface area contributed by atoms with Crippen LogP contribution in [-0.2, 0) is 26.1 Å². The van der Waals surface area contributed by atoms with Crippen LogP contribution in [0, 0.1) is 13.8 Å². The number of hydrogen-bond donors (Lipinski definition) is 1. The molecule has 0 saturated heterocycles. The molecule has 154 valence electrons. The predicted octanol–water partition coefficient (Wildman–Crippen LogP) is 2.03. The van der Waals surface area contributed by atoms with Gasteiger partial charge in [-0.05, 0) is 26.8 Å². The molecule has 0 aliphatic carbocycles. The summed E-state index contributed by atoms with van der Waals surface area (Å²) >= 11 is 1.52. The van der Waals surface area contributed by atoms with Crippen LogP contribution >= 0.6 is 11.3 Å². The standard InChI is InChI=1S/C20H27N7OS/c1-14-8-15(2)27(24-14)10-16(3)25-5-4-19-23-18(11-26(19)7-6-25)20(28)21-9-17-12-29-13-22-17/h8,11-13,16H,4-7,9-10H2,1-3H3,(H,21,28). The number of aromatic nitrogens is 5. The van der Waals surface area contributed by atoms with Crippen molar-refractivity contribution in [2.75, 3.05) is 13.1 Å². The molecule has 29 heavy (non-hydrogen) atoms. The molecule has 9 heteroatoms. The lowest BCUT2D eigenvalue weighted by Crippen LogP contribution is -2.38. The van der Waals surface area contributed by atoms with E-state index in [4.69, 9.17) is 0 Å². The number of aryl methyl sites for hydroxylation is 2. The zero-order valence-electron chi connectivity index (χ0n) is 17.1. The summed E-state index contributed by atoms with van der Waals surface area (Å²) in [5.74, 6) is 0.831. The van der Waals surface area contributed by atoms with Crippen LogP contribution < -0.4 is 5.32 Å². The summed E-state index contributed by atoms with van der Waals surface area (Å²) in [7, 11) is 0. The third-order valence-corrected chi connectivity index (χ3v) is 6.06. The summed E-state index contributed by atoms with van der Waals surface area (Å²) in [6, 6.07) is 2.50. The number of rotatable bonds is 6. The molecule has 1 atom stereocenters. The number of thiazole rings is 1. The molecule has 4 heterocycles. The molecule has 0 saturated carbocycles. The summed E-state index contributed by atoms with van der Waals surface area (Å²) in [5, 5.41) is 9.42. The second-order valence-electron chi connectivity index (χ2n) is 7.64. The molecule has 3 aromatic rings. The van der Waals surface area contributed by atoms with Gasteiger partial charge in [0.25, 0.3) is 5.91 Å². The summed E-state index contributed by atoms with van der Waals surface area (Å²) in [6.45, 7) is 10.4. The van der Waals surface area contributed by atoms with Crippen molar-refractivity contribution in [1.29, 1.82) is 0 Å². The van der Waals surface area contributed by atoms with Crippen molar-refractivity contribution in [2.24, 2.45) is 0 Å². The SMILES string of the molecule is Cc1cc(C)n(CC(C)N2CCc3nc(C(=O)NCc4cscn4)cn3CC2)n1. The van der Waals surface area contributed by atoms with Crippen LogP contribution in [0.1, 0.15) is 40.3 Å². The summed E-state index contributed by atoms with van der Waals surface area (Å²) in [4.78, 5) is 23.7. The Labute approximate surface area is 174 Å². The maximum Gasteiger partial charge on any atom is 0.271 e. The maximum atomic E-state index is 12.4. The first-order chi connectivity index (χ1) is 14.0. The molecule has 3 aromatic heterocycles. The first-order valence-corrected chi connectivity index (χ1v) is 10.9. The number of imidazole rings is 1. The van der Waals surface area contributed by atoms with Gasteiger partial charge in [0.15, 0.2) is 0 Å². The number of hydrogen-bond acceptors (Lipinski definition) is 6. The molecule has 0 radical (unpaired) electrons. The van der Waals surface area contributed by atoms with Gasteiger partial charge in [-0.3, -0.25) is 14.4 Å². The molecule has 8 nitrogen and oxygen atoms in total. The highest BCUT2D eigenvalue weighted by Crippen LogP contribution is 2.14. The number of carbonyl (C=O) groups excluding carboxylic acids is 1. The Bertz CT molecular complexity index is 950. The van der Waals surface area contributed by atoms with Crippen LogP contribution in [-0.4, -0.2) is 54.3 Å². The van der Waals surface area contributed by atoms with Gasteiger partial charge in [0.1, 0.15) is 11.5 Å². The van der Waals surface area contributed by atoms with Gasteiger partial charge in [-0.25, -0.2) is 9.97 Å². The fourth-order valence-electron chi connectivity index (χ4n) is 3.80. The molecular weight excluding hydrogens is 386 g/mol. The first-order valence-electron chi connectivity index (χ1n) is 9.96. The van der Waals surface area contributed by atoms with Crippen molar-refractivity contribution in [2.45, 2.75) is 52.9 Å². The van der Waals surface area contributed by atoms with Gasteiger partial charge < -0.3 is 9.88 Å². The van der Waals surface area contributed by atoms with Crippen molar-refractivity contribution >= 4 is 17.2 Å². The van der Waals surface area contributed by atoms with Crippen molar-refractivity contribution in [3.05, 3.63) is 51.8 Å². The fourth-order valence-corrected chi connectivity index (χ4v) is 4.36. The van der Waals surface area contributed by atoms with Crippen LogP contribution in [0.5, 0.6) is 0 Å². The number of nitrogens with one attached hydrogen (secondary N) is 1. The Kier molecular flexibility index (Phi) is 5.77. The lowest BCUT2D eigenvalue weighted by atomic mass is 10.2. The minimum atomic E-state index is -0.145. The highest BCUT2D eigenvalue weighted by Gasteiger charge is 2.22. The third kappa shape index (κ3) is 4.56. The largest absolute Gasteiger partial charge is 0.345 e. The van der Waals surface area contributed by atoms with Gasteiger partial charge in [-0.2, -0.15) is 5.10 Å². The molecule has 0 aromatic carbocycles. The minimum absolute atomic E-state index is 0.145. The van der Waals surface area contributed by atoms with E-state index in [1.165, 1.54) is 17.0 Å². The molecular formula is C20H27N7OS. The topological polar surface area (TPSA) is 80.9 Å². The highest BCUT2D eigenvalue weighted by atomic mass is 32.1. The van der Waals surface area contributed by atoms with Gasteiger partial charge in [0.05, 0.1) is 30.0 Å². The van der Waals surface area contributed by atoms with Crippen LogP contribution in [0.25, 0.3) is 0 Å². The fraction of sp³-hybridized carbons (Fsp3) is 0.500. The lowest BCUT2D eigenvalue weighted by Gasteiger charge is -2.27. The summed E-state index contributed by atoms with van der Waals surface area (Å²) < 4.78 is 4.21. The number of amides is 1. The molecule has 0 fully saturated rings. The van der Waals surface area contributed by atoms with Crippen LogP contribution in [0.15, 0.2) is 23.2 Å². The molecule has 1 amide bonds. The van der Waals surface area contributed by atoms with Gasteiger partial charge in [-0.1, -0.05) is 0 Å². The number of fused-ring (bicyclic) bond motifs is 1. The van der Waals surface area contributed by atoms with Crippen molar-refractivity contribution < 1.29 is 4.79 Å². The van der Waals surface area contributed by atoms with E-state index >= 15 is 0 Å². The lowest BCUT2D eigenvalue weighted by molar-refractivity contribution is 0.0945. The van der Waals surface area contributed by atoms with Crippen molar-refractivity contribution in [1.82, 2.24) is 34.5 Å². The second-order valence-corrected chi connectivity index (χ2v) is 8.36. The van der Waals surface area contributed by atoms with Crippen molar-refractivity contribution in [3.8, 4) is 0 Å². The van der Waals surface area contributed by atoms with E-state index < -0.39 is 0 Å². The Hall–Kier alpha value is -2.52. The molecule has 4 rings (SSSR count). The highest BCUT2D eigenvalue weighted by molar-refractivity contribution is 7.07. The van der Waals surface area contributed by atoms with E-state index in [0.29, 0.717) is 18.3 Å². The molecule has 1 aliphatic rings. The zero-order valence-corrected chi connectivity index (χ0v) is 17.9. The minimum Gasteiger partial charge on any atom is -0.345 e.